The van der Waals surface area contributed by atoms with Gasteiger partial charge in [-0.25, -0.2) is 4.39 Å². The van der Waals surface area contributed by atoms with Crippen molar-refractivity contribution in [1.82, 2.24) is 4.90 Å². The Hall–Kier alpha value is -2.73. The zero-order valence-electron chi connectivity index (χ0n) is 14.1. The number of nitrogens with zero attached hydrogens (tertiary/aromatic N) is 1. The third kappa shape index (κ3) is 3.08. The highest BCUT2D eigenvalue weighted by Gasteiger charge is 2.43. The number of anilines is 1. The fourth-order valence-electron chi connectivity index (χ4n) is 2.98. The molecule has 0 spiro atoms. The molecule has 7 heteroatoms. The normalized spacial score (nSPS) is 14.6. The van der Waals surface area contributed by atoms with E-state index in [0.29, 0.717) is 0 Å². The maximum Gasteiger partial charge on any atom is 0.262 e. The van der Waals surface area contributed by atoms with Gasteiger partial charge in [0.05, 0.1) is 16.8 Å². The number of carbonyl (C=O) groups is 3. The van der Waals surface area contributed by atoms with E-state index in [2.05, 4.69) is 5.32 Å². The molecule has 1 atom stereocenters. The number of amides is 3. The highest BCUT2D eigenvalue weighted by atomic mass is 35.5. The first-order chi connectivity index (χ1) is 12.3. The van der Waals surface area contributed by atoms with Crippen molar-refractivity contribution in [1.29, 1.82) is 0 Å². The van der Waals surface area contributed by atoms with E-state index in [1.165, 1.54) is 12.1 Å². The number of hydrogen-bond acceptors (Lipinski definition) is 3. The van der Waals surface area contributed by atoms with Gasteiger partial charge in [0.1, 0.15) is 11.9 Å². The van der Waals surface area contributed by atoms with E-state index in [9.17, 15) is 18.8 Å². The summed E-state index contributed by atoms with van der Waals surface area (Å²) in [7, 11) is 0. The van der Waals surface area contributed by atoms with Gasteiger partial charge in [0.15, 0.2) is 0 Å². The standard InChI is InChI=1S/C19H16ClFN2O3/c1-10(2)16(17(24)22-15-8-7-11(20)9-14(15)21)23-18(25)12-5-3-4-6-13(12)19(23)26/h3-10,16H,1-2H3,(H,22,24). The molecule has 1 unspecified atom stereocenters. The molecule has 26 heavy (non-hydrogen) atoms. The molecule has 1 N–H and O–H groups in total. The summed E-state index contributed by atoms with van der Waals surface area (Å²) < 4.78 is 14.0. The fourth-order valence-corrected chi connectivity index (χ4v) is 3.13. The molecule has 1 aliphatic rings. The summed E-state index contributed by atoms with van der Waals surface area (Å²) in [5.74, 6) is -2.77. The Morgan fingerprint density at radius 3 is 2.15 bits per heavy atom. The molecule has 3 amide bonds. The van der Waals surface area contributed by atoms with Crippen LogP contribution in [0.4, 0.5) is 10.1 Å². The Balaban J connectivity index is 1.92. The maximum absolute atomic E-state index is 14.0. The van der Waals surface area contributed by atoms with Gasteiger partial charge in [-0.05, 0) is 36.2 Å². The van der Waals surface area contributed by atoms with Crippen molar-refractivity contribution in [3.63, 3.8) is 0 Å². The molecule has 2 aromatic carbocycles. The van der Waals surface area contributed by atoms with Crippen LogP contribution >= 0.6 is 11.6 Å². The van der Waals surface area contributed by atoms with Crippen LogP contribution in [0.1, 0.15) is 34.6 Å². The van der Waals surface area contributed by atoms with Crippen molar-refractivity contribution in [2.24, 2.45) is 5.92 Å². The lowest BCUT2D eigenvalue weighted by atomic mass is 10.0. The van der Waals surface area contributed by atoms with Gasteiger partial charge in [-0.2, -0.15) is 0 Å². The van der Waals surface area contributed by atoms with Crippen LogP contribution in [-0.4, -0.2) is 28.7 Å². The molecule has 0 aromatic heterocycles. The molecular weight excluding hydrogens is 359 g/mol. The van der Waals surface area contributed by atoms with Crippen LogP contribution in [0.25, 0.3) is 0 Å². The molecule has 0 radical (unpaired) electrons. The van der Waals surface area contributed by atoms with Crippen molar-refractivity contribution >= 4 is 35.0 Å². The number of nitrogens with one attached hydrogen (secondary N) is 1. The monoisotopic (exact) mass is 374 g/mol. The molecule has 0 saturated carbocycles. The average molecular weight is 375 g/mol. The largest absolute Gasteiger partial charge is 0.322 e. The van der Waals surface area contributed by atoms with Gasteiger partial charge >= 0.3 is 0 Å². The van der Waals surface area contributed by atoms with Crippen LogP contribution in [0.2, 0.25) is 5.02 Å². The molecule has 0 saturated heterocycles. The Morgan fingerprint density at radius 1 is 1.08 bits per heavy atom. The number of fused-ring (bicyclic) bond motifs is 1. The van der Waals surface area contributed by atoms with Crippen molar-refractivity contribution < 1.29 is 18.8 Å². The van der Waals surface area contributed by atoms with E-state index >= 15 is 0 Å². The third-order valence-corrected chi connectivity index (χ3v) is 4.43. The second-order valence-electron chi connectivity index (χ2n) is 6.33. The van der Waals surface area contributed by atoms with Crippen LogP contribution < -0.4 is 5.32 Å². The van der Waals surface area contributed by atoms with E-state index in [4.69, 9.17) is 11.6 Å². The van der Waals surface area contributed by atoms with Crippen LogP contribution in [0, 0.1) is 11.7 Å². The molecule has 134 valence electrons. The number of halogens is 2. The fraction of sp³-hybridized carbons (Fsp3) is 0.211. The quantitative estimate of drug-likeness (QED) is 0.829. The average Bonchev–Trinajstić information content (AvgIpc) is 2.83. The lowest BCUT2D eigenvalue weighted by Gasteiger charge is -2.28. The summed E-state index contributed by atoms with van der Waals surface area (Å²) in [5, 5.41) is 2.64. The van der Waals surface area contributed by atoms with Crippen LogP contribution in [0.15, 0.2) is 42.5 Å². The second kappa shape index (κ2) is 6.88. The number of carbonyl (C=O) groups excluding carboxylic acids is 3. The Kier molecular flexibility index (Phi) is 4.78. The third-order valence-electron chi connectivity index (χ3n) is 4.19. The topological polar surface area (TPSA) is 66.5 Å². The lowest BCUT2D eigenvalue weighted by Crippen LogP contribution is -2.50. The molecule has 1 heterocycles. The van der Waals surface area contributed by atoms with Crippen molar-refractivity contribution in [2.45, 2.75) is 19.9 Å². The summed E-state index contributed by atoms with van der Waals surface area (Å²) in [6.45, 7) is 3.43. The predicted molar refractivity (Wildman–Crippen MR) is 95.6 cm³/mol. The molecule has 0 bridgehead atoms. The minimum atomic E-state index is -1.07. The first-order valence-electron chi connectivity index (χ1n) is 8.04. The number of benzene rings is 2. The number of hydrogen-bond donors (Lipinski definition) is 1. The summed E-state index contributed by atoms with van der Waals surface area (Å²) in [6.07, 6.45) is 0. The molecule has 2 aromatic rings. The van der Waals surface area contributed by atoms with Gasteiger partial charge in [-0.3, -0.25) is 19.3 Å². The van der Waals surface area contributed by atoms with Crippen molar-refractivity contribution in [2.75, 3.05) is 5.32 Å². The highest BCUT2D eigenvalue weighted by Crippen LogP contribution is 2.28. The smallest absolute Gasteiger partial charge is 0.262 e. The van der Waals surface area contributed by atoms with Gasteiger partial charge in [0.2, 0.25) is 5.91 Å². The molecule has 0 fully saturated rings. The van der Waals surface area contributed by atoms with Gasteiger partial charge in [-0.1, -0.05) is 37.6 Å². The van der Waals surface area contributed by atoms with E-state index in [-0.39, 0.29) is 27.8 Å². The molecular formula is C19H16ClFN2O3. The molecule has 0 aliphatic carbocycles. The van der Waals surface area contributed by atoms with E-state index in [0.717, 1.165) is 11.0 Å². The Bertz CT molecular complexity index is 878. The minimum Gasteiger partial charge on any atom is -0.322 e. The molecule has 1 aliphatic heterocycles. The zero-order chi connectivity index (χ0) is 19.0. The van der Waals surface area contributed by atoms with Gasteiger partial charge in [0.25, 0.3) is 11.8 Å². The van der Waals surface area contributed by atoms with Crippen LogP contribution in [0.5, 0.6) is 0 Å². The molecule has 5 nitrogen and oxygen atoms in total. The lowest BCUT2D eigenvalue weighted by molar-refractivity contribution is -0.121. The van der Waals surface area contributed by atoms with E-state index in [1.54, 1.807) is 38.1 Å². The SMILES string of the molecule is CC(C)C(C(=O)Nc1ccc(Cl)cc1F)N1C(=O)c2ccccc2C1=O. The second-order valence-corrected chi connectivity index (χ2v) is 6.76. The zero-order valence-corrected chi connectivity index (χ0v) is 14.9. The van der Waals surface area contributed by atoms with Gasteiger partial charge in [-0.15, -0.1) is 0 Å². The summed E-state index contributed by atoms with van der Waals surface area (Å²) in [5.41, 5.74) is 0.448. The molecule has 3 rings (SSSR count). The Morgan fingerprint density at radius 2 is 1.65 bits per heavy atom. The summed E-state index contributed by atoms with van der Waals surface area (Å²) in [6, 6.07) is 9.17. The van der Waals surface area contributed by atoms with Gasteiger partial charge in [0, 0.05) is 5.02 Å². The highest BCUT2D eigenvalue weighted by molar-refractivity contribution is 6.30. The van der Waals surface area contributed by atoms with Gasteiger partial charge < -0.3 is 5.32 Å². The van der Waals surface area contributed by atoms with Crippen LogP contribution in [0.3, 0.4) is 0 Å². The van der Waals surface area contributed by atoms with E-state index in [1.807, 2.05) is 0 Å². The van der Waals surface area contributed by atoms with Crippen molar-refractivity contribution in [3.8, 4) is 0 Å². The minimum absolute atomic E-state index is 0.0679. The maximum atomic E-state index is 14.0. The summed E-state index contributed by atoms with van der Waals surface area (Å²) >= 11 is 5.71. The Labute approximate surface area is 154 Å². The summed E-state index contributed by atoms with van der Waals surface area (Å²) in [4.78, 5) is 39.0. The van der Waals surface area contributed by atoms with Crippen molar-refractivity contribution in [3.05, 3.63) is 64.4 Å². The first kappa shape index (κ1) is 18.1. The predicted octanol–water partition coefficient (Wildman–Crippen LogP) is 3.74. The first-order valence-corrected chi connectivity index (χ1v) is 8.42. The van der Waals surface area contributed by atoms with Crippen LogP contribution in [-0.2, 0) is 4.79 Å². The number of rotatable bonds is 4. The number of imide groups is 1. The van der Waals surface area contributed by atoms with E-state index < -0.39 is 29.6 Å².